The largest absolute Gasteiger partial charge is 0.488 e. The van der Waals surface area contributed by atoms with E-state index in [1.165, 1.54) is 24.8 Å². The van der Waals surface area contributed by atoms with E-state index in [1.54, 1.807) is 38.4 Å². The van der Waals surface area contributed by atoms with Crippen LogP contribution in [0.5, 0.6) is 5.75 Å². The van der Waals surface area contributed by atoms with Gasteiger partial charge in [-0.3, -0.25) is 4.79 Å². The van der Waals surface area contributed by atoms with Crippen LogP contribution < -0.4 is 14.4 Å². The van der Waals surface area contributed by atoms with E-state index in [-0.39, 0.29) is 29.9 Å². The minimum Gasteiger partial charge on any atom is -0.488 e. The minimum absolute atomic E-state index is 0.00165. The van der Waals surface area contributed by atoms with Gasteiger partial charge in [0.05, 0.1) is 30.3 Å². The third kappa shape index (κ3) is 6.32. The summed E-state index contributed by atoms with van der Waals surface area (Å²) in [7, 11) is -0.984. The van der Waals surface area contributed by atoms with Crippen LogP contribution in [0.4, 0.5) is 10.5 Å². The Labute approximate surface area is 274 Å². The third-order valence-electron chi connectivity index (χ3n) is 9.39. The normalized spacial score (nSPS) is 29.1. The quantitative estimate of drug-likeness (QED) is 0.442. The number of benzene rings is 2. The topological polar surface area (TPSA) is 124 Å². The molecule has 0 radical (unpaired) electrons. The number of sulfonamides is 1. The van der Waals surface area contributed by atoms with Crippen molar-refractivity contribution >= 4 is 39.3 Å². The molecule has 1 fully saturated rings. The first-order chi connectivity index (χ1) is 21.8. The molecule has 1 N–H and O–H groups in total. The molecule has 1 aliphatic carbocycles. The summed E-state index contributed by atoms with van der Waals surface area (Å²) in [6.45, 7) is 4.61. The van der Waals surface area contributed by atoms with Crippen molar-refractivity contribution in [3.8, 4) is 5.75 Å². The number of halogens is 1. The average molecular weight is 674 g/mol. The molecule has 1 spiro atoms. The molecule has 0 saturated heterocycles. The highest BCUT2D eigenvalue weighted by Crippen LogP contribution is 2.46. The monoisotopic (exact) mass is 673 g/mol. The Bertz CT molecular complexity index is 1660. The predicted molar refractivity (Wildman–Crippen MR) is 172 cm³/mol. The molecule has 4 aliphatic rings. The molecule has 2 bridgehead atoms. The van der Waals surface area contributed by atoms with Gasteiger partial charge in [-0.15, -0.1) is 0 Å². The number of carbonyl (C=O) groups is 2. The van der Waals surface area contributed by atoms with Gasteiger partial charge in [0.25, 0.3) is 15.9 Å². The van der Waals surface area contributed by atoms with Crippen LogP contribution >= 0.6 is 11.6 Å². The molecule has 0 aromatic heterocycles. The van der Waals surface area contributed by atoms with E-state index >= 15 is 0 Å². The fourth-order valence-electron chi connectivity index (χ4n) is 6.57. The van der Waals surface area contributed by atoms with Crippen LogP contribution in [0, 0.1) is 11.8 Å². The van der Waals surface area contributed by atoms with Crippen molar-refractivity contribution in [2.75, 3.05) is 51.9 Å². The Kier molecular flexibility index (Phi) is 8.77. The number of hydrogen-bond acceptors (Lipinski definition) is 9. The van der Waals surface area contributed by atoms with Crippen molar-refractivity contribution in [1.82, 2.24) is 9.62 Å². The van der Waals surface area contributed by atoms with Gasteiger partial charge in [0.2, 0.25) is 0 Å². The summed E-state index contributed by atoms with van der Waals surface area (Å²) in [5.74, 6) is -0.206. The van der Waals surface area contributed by atoms with Gasteiger partial charge in [0.15, 0.2) is 0 Å². The Morgan fingerprint density at radius 1 is 1.13 bits per heavy atom. The number of amides is 2. The second-order valence-corrected chi connectivity index (χ2v) is 15.2. The number of rotatable bonds is 1. The van der Waals surface area contributed by atoms with E-state index in [4.69, 9.17) is 30.5 Å². The average Bonchev–Trinajstić information content (AvgIpc) is 3.13. The van der Waals surface area contributed by atoms with Crippen LogP contribution in [-0.4, -0.2) is 84.0 Å². The van der Waals surface area contributed by atoms with E-state index in [0.717, 1.165) is 24.0 Å². The van der Waals surface area contributed by atoms with Crippen molar-refractivity contribution in [3.63, 3.8) is 0 Å². The van der Waals surface area contributed by atoms with E-state index in [9.17, 15) is 18.0 Å². The van der Waals surface area contributed by atoms with E-state index < -0.39 is 39.3 Å². The molecule has 4 atom stereocenters. The number of fused-ring (bicyclic) bond motifs is 4. The number of nitrogens with one attached hydrogen (secondary N) is 1. The van der Waals surface area contributed by atoms with E-state index in [0.29, 0.717) is 42.6 Å². The van der Waals surface area contributed by atoms with Gasteiger partial charge < -0.3 is 28.7 Å². The fourth-order valence-corrected chi connectivity index (χ4v) is 7.89. The zero-order valence-electron chi connectivity index (χ0n) is 26.5. The van der Waals surface area contributed by atoms with Crippen molar-refractivity contribution in [2.45, 2.75) is 55.3 Å². The van der Waals surface area contributed by atoms with Crippen molar-refractivity contribution in [2.24, 2.45) is 11.8 Å². The molecule has 248 valence electrons. The summed E-state index contributed by atoms with van der Waals surface area (Å²) >= 11 is 6.37. The molecule has 2 aromatic rings. The molecular weight excluding hydrogens is 634 g/mol. The maximum atomic E-state index is 13.5. The van der Waals surface area contributed by atoms with Gasteiger partial charge >= 0.3 is 6.09 Å². The maximum absolute atomic E-state index is 13.5. The lowest BCUT2D eigenvalue weighted by Crippen LogP contribution is -2.51. The lowest BCUT2D eigenvalue weighted by molar-refractivity contribution is -0.139. The van der Waals surface area contributed by atoms with Crippen LogP contribution in [-0.2, 0) is 41.1 Å². The highest BCUT2D eigenvalue weighted by molar-refractivity contribution is 7.90. The smallest absolute Gasteiger partial charge is 0.409 e. The Hall–Kier alpha value is -3.32. The zero-order valence-corrected chi connectivity index (χ0v) is 28.0. The summed E-state index contributed by atoms with van der Waals surface area (Å²) in [4.78, 5) is 29.3. The molecule has 6 rings (SSSR count). The van der Waals surface area contributed by atoms with Crippen molar-refractivity contribution in [1.29, 1.82) is 0 Å². The van der Waals surface area contributed by atoms with Crippen LogP contribution in [0.3, 0.4) is 0 Å². The highest BCUT2D eigenvalue weighted by atomic mass is 35.5. The van der Waals surface area contributed by atoms with E-state index in [1.807, 2.05) is 18.2 Å². The van der Waals surface area contributed by atoms with Crippen molar-refractivity contribution < 1.29 is 37.0 Å². The lowest BCUT2D eigenvalue weighted by atomic mass is 9.70. The molecule has 3 heterocycles. The van der Waals surface area contributed by atoms with Crippen LogP contribution in [0.25, 0.3) is 0 Å². The SMILES string of the molecule is CN(C)C(=O)O[C@H]1/C=C/COC(C)(C)C(=O)NS(=O)(=O)c2ccc3c(c2)N(C[C@@H]2CC[C@H]21)C[C@]1(CO3)OCCc2cc(Cl)ccc21. The standard InChI is InChI=1S/C33H40ClN3O8S/c1-32(2)30(38)35-46(40,41)24-9-12-29-27(17-24)37(19-33(20-42-29)26-11-8-23(34)16-21(26)13-15-44-33)18-22-7-10-25(22)28(6-5-14-43-32)45-31(39)36(3)4/h5-6,8-9,11-12,16-17,22,25,28H,7,10,13-15,18-20H2,1-4H3,(H,35,38)/b6-5+/t22-,25+,28-,33+/m0/s1. The lowest BCUT2D eigenvalue weighted by Gasteiger charge is -2.45. The highest BCUT2D eigenvalue weighted by Gasteiger charge is 2.46. The number of nitrogens with zero attached hydrogens (tertiary/aromatic N) is 2. The molecule has 0 unspecified atom stereocenters. The molecule has 2 aromatic carbocycles. The van der Waals surface area contributed by atoms with Crippen LogP contribution in [0.2, 0.25) is 5.02 Å². The number of hydrogen-bond donors (Lipinski definition) is 1. The summed E-state index contributed by atoms with van der Waals surface area (Å²) in [5.41, 5.74) is 0.327. The Morgan fingerprint density at radius 3 is 2.67 bits per heavy atom. The number of ether oxygens (including phenoxy) is 4. The molecule has 11 nitrogen and oxygen atoms in total. The second-order valence-electron chi connectivity index (χ2n) is 13.1. The van der Waals surface area contributed by atoms with Gasteiger partial charge in [-0.25, -0.2) is 17.9 Å². The first-order valence-electron chi connectivity index (χ1n) is 15.5. The minimum atomic E-state index is -4.26. The summed E-state index contributed by atoms with van der Waals surface area (Å²) in [6.07, 6.45) is 4.97. The number of carbonyl (C=O) groups excluding carboxylic acids is 2. The summed E-state index contributed by atoms with van der Waals surface area (Å²) in [5, 5.41) is 0.646. The summed E-state index contributed by atoms with van der Waals surface area (Å²) < 4.78 is 53.9. The van der Waals surface area contributed by atoms with Crippen molar-refractivity contribution in [3.05, 3.63) is 64.7 Å². The van der Waals surface area contributed by atoms with E-state index in [2.05, 4.69) is 9.62 Å². The first kappa shape index (κ1) is 32.6. The first-order valence-corrected chi connectivity index (χ1v) is 17.3. The summed E-state index contributed by atoms with van der Waals surface area (Å²) in [6, 6.07) is 10.4. The Morgan fingerprint density at radius 2 is 1.93 bits per heavy atom. The number of anilines is 1. The van der Waals surface area contributed by atoms with Gasteiger partial charge in [-0.05, 0) is 86.6 Å². The predicted octanol–water partition coefficient (Wildman–Crippen LogP) is 4.27. The Balaban J connectivity index is 1.44. The van der Waals surface area contributed by atoms with Crippen LogP contribution in [0.1, 0.15) is 37.8 Å². The molecule has 3 aliphatic heterocycles. The molecular formula is C33H40ClN3O8S. The second kappa shape index (κ2) is 12.4. The third-order valence-corrected chi connectivity index (χ3v) is 11.0. The van der Waals surface area contributed by atoms with Gasteiger partial charge in [0, 0.05) is 31.6 Å². The molecule has 46 heavy (non-hydrogen) atoms. The zero-order chi connectivity index (χ0) is 32.9. The maximum Gasteiger partial charge on any atom is 0.409 e. The molecule has 13 heteroatoms. The van der Waals surface area contributed by atoms with Gasteiger partial charge in [-0.2, -0.15) is 0 Å². The van der Waals surface area contributed by atoms with Crippen LogP contribution in [0.15, 0.2) is 53.4 Å². The molecule has 1 saturated carbocycles. The fraction of sp³-hybridized carbons (Fsp3) is 0.515. The van der Waals surface area contributed by atoms with Gasteiger partial charge in [0.1, 0.15) is 29.7 Å². The van der Waals surface area contributed by atoms with Gasteiger partial charge in [-0.1, -0.05) is 23.7 Å². The molecule has 2 amide bonds.